The number of unbranched alkanes of at least 4 members (excludes halogenated alkanes) is 3. The Morgan fingerprint density at radius 1 is 1.07 bits per heavy atom. The van der Waals surface area contributed by atoms with E-state index >= 15 is 0 Å². The lowest BCUT2D eigenvalue weighted by Gasteiger charge is -2.12. The highest BCUT2D eigenvalue weighted by molar-refractivity contribution is 5.66. The van der Waals surface area contributed by atoms with Crippen molar-refractivity contribution < 1.29 is 9.13 Å². The number of allylic oxidation sites excluding steroid dienone is 2. The molecule has 0 aliphatic rings. The molecule has 2 aromatic carbocycles. The molecule has 0 amide bonds. The van der Waals surface area contributed by atoms with Crippen LogP contribution >= 0.6 is 0 Å². The molecule has 0 aromatic heterocycles. The topological polar surface area (TPSA) is 9.23 Å². The lowest BCUT2D eigenvalue weighted by atomic mass is 10.0. The molecule has 1 unspecified atom stereocenters. The van der Waals surface area contributed by atoms with E-state index in [2.05, 4.69) is 32.6 Å². The SMILES string of the molecule is C=CCc1ccc(-c2ccc(C=CCCCC(C)OCCCCC)cc2)c(F)c1. The van der Waals surface area contributed by atoms with Crippen molar-refractivity contribution in [3.05, 3.63) is 78.1 Å². The van der Waals surface area contributed by atoms with Crippen LogP contribution in [0.5, 0.6) is 0 Å². The van der Waals surface area contributed by atoms with Crippen molar-refractivity contribution in [2.75, 3.05) is 6.61 Å². The smallest absolute Gasteiger partial charge is 0.131 e. The second-order valence-electron chi connectivity index (χ2n) is 7.65. The molecule has 29 heavy (non-hydrogen) atoms. The van der Waals surface area contributed by atoms with Gasteiger partial charge in [-0.1, -0.05) is 74.4 Å². The summed E-state index contributed by atoms with van der Waals surface area (Å²) in [6, 6.07) is 13.5. The number of hydrogen-bond acceptors (Lipinski definition) is 1. The van der Waals surface area contributed by atoms with Gasteiger partial charge in [0.1, 0.15) is 5.82 Å². The van der Waals surface area contributed by atoms with Crippen LogP contribution < -0.4 is 0 Å². The maximum atomic E-state index is 14.4. The number of halogens is 1. The lowest BCUT2D eigenvalue weighted by Crippen LogP contribution is -2.08. The van der Waals surface area contributed by atoms with Crippen LogP contribution in [0.25, 0.3) is 17.2 Å². The van der Waals surface area contributed by atoms with Crippen LogP contribution in [0.15, 0.2) is 61.2 Å². The summed E-state index contributed by atoms with van der Waals surface area (Å²) >= 11 is 0. The maximum absolute atomic E-state index is 14.4. The minimum Gasteiger partial charge on any atom is -0.379 e. The van der Waals surface area contributed by atoms with Crippen LogP contribution in [0.3, 0.4) is 0 Å². The molecule has 0 saturated carbocycles. The van der Waals surface area contributed by atoms with Crippen LogP contribution in [-0.4, -0.2) is 12.7 Å². The van der Waals surface area contributed by atoms with Gasteiger partial charge in [-0.2, -0.15) is 0 Å². The van der Waals surface area contributed by atoms with Crippen LogP contribution in [-0.2, 0) is 11.2 Å². The predicted molar refractivity (Wildman–Crippen MR) is 124 cm³/mol. The highest BCUT2D eigenvalue weighted by Crippen LogP contribution is 2.24. The molecule has 0 N–H and O–H groups in total. The normalized spacial score (nSPS) is 12.4. The minimum absolute atomic E-state index is 0.182. The number of rotatable bonds is 13. The minimum atomic E-state index is -0.182. The van der Waals surface area contributed by atoms with Gasteiger partial charge in [0.2, 0.25) is 0 Å². The molecule has 2 rings (SSSR count). The third-order valence-corrected chi connectivity index (χ3v) is 5.08. The molecule has 156 valence electrons. The lowest BCUT2D eigenvalue weighted by molar-refractivity contribution is 0.0566. The van der Waals surface area contributed by atoms with E-state index in [0.717, 1.165) is 42.6 Å². The molecule has 0 saturated heterocycles. The fourth-order valence-electron chi connectivity index (χ4n) is 3.32. The van der Waals surface area contributed by atoms with E-state index in [-0.39, 0.29) is 5.82 Å². The van der Waals surface area contributed by atoms with Gasteiger partial charge in [0, 0.05) is 12.2 Å². The second kappa shape index (κ2) is 13.1. The molecule has 0 aliphatic carbocycles. The fraction of sp³-hybridized carbons (Fsp3) is 0.407. The number of ether oxygens (including phenoxy) is 1. The Hall–Kier alpha value is -2.19. The second-order valence-corrected chi connectivity index (χ2v) is 7.65. The molecule has 0 heterocycles. The maximum Gasteiger partial charge on any atom is 0.131 e. The van der Waals surface area contributed by atoms with Gasteiger partial charge in [0.05, 0.1) is 6.10 Å². The molecule has 0 fully saturated rings. The van der Waals surface area contributed by atoms with Crippen molar-refractivity contribution in [3.63, 3.8) is 0 Å². The van der Waals surface area contributed by atoms with Crippen molar-refractivity contribution in [3.8, 4) is 11.1 Å². The summed E-state index contributed by atoms with van der Waals surface area (Å²) in [5, 5.41) is 0. The fourth-order valence-corrected chi connectivity index (χ4v) is 3.32. The zero-order chi connectivity index (χ0) is 20.9. The van der Waals surface area contributed by atoms with Gasteiger partial charge in [-0.25, -0.2) is 4.39 Å². The van der Waals surface area contributed by atoms with E-state index in [1.165, 1.54) is 19.3 Å². The standard InChI is InChI=1S/C27H35FO/c1-4-6-10-20-29-22(3)12-8-7-9-13-23-14-17-25(18-15-23)26-19-16-24(11-5-2)21-27(26)28/h5,9,13-19,21-22H,2,4,6-8,10-12,20H2,1,3H3. The molecular formula is C27H35FO. The van der Waals surface area contributed by atoms with E-state index in [1.54, 1.807) is 12.1 Å². The Morgan fingerprint density at radius 3 is 2.55 bits per heavy atom. The zero-order valence-corrected chi connectivity index (χ0v) is 18.0. The van der Waals surface area contributed by atoms with Crippen molar-refractivity contribution in [1.82, 2.24) is 0 Å². The summed E-state index contributed by atoms with van der Waals surface area (Å²) in [6.45, 7) is 8.96. The van der Waals surface area contributed by atoms with Crippen LogP contribution in [0.2, 0.25) is 0 Å². The summed E-state index contributed by atoms with van der Waals surface area (Å²) in [5.41, 5.74) is 3.63. The van der Waals surface area contributed by atoms with E-state index < -0.39 is 0 Å². The first-order valence-corrected chi connectivity index (χ1v) is 10.9. The van der Waals surface area contributed by atoms with E-state index in [4.69, 9.17) is 4.74 Å². The van der Waals surface area contributed by atoms with Crippen molar-refractivity contribution in [1.29, 1.82) is 0 Å². The van der Waals surface area contributed by atoms with Gasteiger partial charge in [0.15, 0.2) is 0 Å². The zero-order valence-electron chi connectivity index (χ0n) is 18.0. The Bertz CT molecular complexity index is 761. The third kappa shape index (κ3) is 8.37. The van der Waals surface area contributed by atoms with Crippen LogP contribution in [0.1, 0.15) is 63.5 Å². The Balaban J connectivity index is 1.78. The molecule has 0 spiro atoms. The first-order chi connectivity index (χ1) is 14.1. The van der Waals surface area contributed by atoms with Gasteiger partial charge >= 0.3 is 0 Å². The largest absolute Gasteiger partial charge is 0.379 e. The molecule has 1 atom stereocenters. The number of hydrogen-bond donors (Lipinski definition) is 0. The van der Waals surface area contributed by atoms with Gasteiger partial charge in [-0.05, 0) is 61.8 Å². The highest BCUT2D eigenvalue weighted by atomic mass is 19.1. The summed E-state index contributed by atoms with van der Waals surface area (Å²) in [5.74, 6) is -0.182. The predicted octanol–water partition coefficient (Wildman–Crippen LogP) is 8.00. The monoisotopic (exact) mass is 394 g/mol. The number of benzene rings is 2. The molecule has 2 aromatic rings. The van der Waals surface area contributed by atoms with E-state index in [1.807, 2.05) is 36.4 Å². The van der Waals surface area contributed by atoms with Crippen molar-refractivity contribution in [2.45, 2.75) is 64.9 Å². The molecule has 0 bridgehead atoms. The molecule has 1 nitrogen and oxygen atoms in total. The van der Waals surface area contributed by atoms with Gasteiger partial charge in [-0.3, -0.25) is 0 Å². The Morgan fingerprint density at radius 2 is 1.86 bits per heavy atom. The van der Waals surface area contributed by atoms with Gasteiger partial charge in [0.25, 0.3) is 0 Å². The van der Waals surface area contributed by atoms with E-state index in [0.29, 0.717) is 18.1 Å². The first kappa shape index (κ1) is 23.1. The quantitative estimate of drug-likeness (QED) is 0.247. The first-order valence-electron chi connectivity index (χ1n) is 10.9. The summed E-state index contributed by atoms with van der Waals surface area (Å²) in [7, 11) is 0. The van der Waals surface area contributed by atoms with Gasteiger partial charge in [-0.15, -0.1) is 6.58 Å². The summed E-state index contributed by atoms with van der Waals surface area (Å²) < 4.78 is 20.2. The van der Waals surface area contributed by atoms with Crippen molar-refractivity contribution in [2.24, 2.45) is 0 Å². The highest BCUT2D eigenvalue weighted by Gasteiger charge is 2.06. The molecule has 0 aliphatic heterocycles. The molecule has 0 radical (unpaired) electrons. The Labute approximate surface area is 176 Å². The Kier molecular flexibility index (Phi) is 10.4. The average Bonchev–Trinajstić information content (AvgIpc) is 2.72. The van der Waals surface area contributed by atoms with Crippen molar-refractivity contribution >= 4 is 6.08 Å². The van der Waals surface area contributed by atoms with E-state index in [9.17, 15) is 4.39 Å². The van der Waals surface area contributed by atoms with Crippen LogP contribution in [0, 0.1) is 5.82 Å². The third-order valence-electron chi connectivity index (χ3n) is 5.08. The molecular weight excluding hydrogens is 359 g/mol. The average molecular weight is 395 g/mol. The molecule has 2 heteroatoms. The van der Waals surface area contributed by atoms with Gasteiger partial charge < -0.3 is 4.74 Å². The van der Waals surface area contributed by atoms with Crippen LogP contribution in [0.4, 0.5) is 4.39 Å². The summed E-state index contributed by atoms with van der Waals surface area (Å²) in [4.78, 5) is 0. The summed E-state index contributed by atoms with van der Waals surface area (Å²) in [6.07, 6.45) is 14.1.